The van der Waals surface area contributed by atoms with E-state index in [0.717, 1.165) is 34.6 Å². The first-order chi connectivity index (χ1) is 23.6. The van der Waals surface area contributed by atoms with Crippen LogP contribution in [0.4, 0.5) is 17.1 Å². The van der Waals surface area contributed by atoms with Gasteiger partial charge in [0.25, 0.3) is 0 Å². The maximum Gasteiger partial charge on any atom is 0.0541 e. The van der Waals surface area contributed by atoms with E-state index in [1.54, 1.807) is 0 Å². The third-order valence-corrected chi connectivity index (χ3v) is 10.7. The highest BCUT2D eigenvalue weighted by atomic mass is 15.1. The van der Waals surface area contributed by atoms with Crippen molar-refractivity contribution < 1.29 is 0 Å². The molecule has 1 fully saturated rings. The van der Waals surface area contributed by atoms with Crippen molar-refractivity contribution in [3.63, 3.8) is 0 Å². The van der Waals surface area contributed by atoms with Crippen molar-refractivity contribution in [3.05, 3.63) is 157 Å². The Bertz CT molecular complexity index is 2100. The van der Waals surface area contributed by atoms with Crippen LogP contribution in [0.3, 0.4) is 0 Å². The highest BCUT2D eigenvalue weighted by Gasteiger charge is 2.28. The van der Waals surface area contributed by atoms with E-state index in [9.17, 15) is 0 Å². The molecule has 8 rings (SSSR count). The molecule has 238 valence electrons. The highest BCUT2D eigenvalue weighted by molar-refractivity contribution is 6.09. The summed E-state index contributed by atoms with van der Waals surface area (Å²) in [4.78, 5) is 2.39. The van der Waals surface area contributed by atoms with Gasteiger partial charge in [-0.1, -0.05) is 111 Å². The standard InChI is InChI=1S/C46H44N2/c1-4-34-25-32(2)26-37(27-34)44-30-35(24-23-33(44)3)36-28-40(47(38-15-7-5-8-16-38)39-17-9-6-10-18-39)31-41(29-36)48-45-21-13-11-19-42(45)43-20-12-14-22-46(43)48/h5-24,28-32,34,37H,4,25-27H2,1-3H3. The SMILES string of the molecule is CCC1CC(C)CC(c2cc(-c3cc(N(c4ccccc4)c4ccccc4)cc(-n4c5ccccc5c5ccccc54)c3)ccc2C)C1. The van der Waals surface area contributed by atoms with Gasteiger partial charge in [0.2, 0.25) is 0 Å². The number of fused-ring (bicyclic) bond motifs is 3. The zero-order chi connectivity index (χ0) is 32.6. The highest BCUT2D eigenvalue weighted by Crippen LogP contribution is 2.44. The number of hydrogen-bond donors (Lipinski definition) is 0. The van der Waals surface area contributed by atoms with Crippen molar-refractivity contribution in [1.82, 2.24) is 4.57 Å². The maximum absolute atomic E-state index is 2.52. The number of aromatic nitrogens is 1. The number of nitrogens with zero attached hydrogens (tertiary/aromatic N) is 2. The summed E-state index contributed by atoms with van der Waals surface area (Å²) in [7, 11) is 0. The maximum atomic E-state index is 2.52. The average molecular weight is 625 g/mol. The van der Waals surface area contributed by atoms with Crippen LogP contribution in [0, 0.1) is 18.8 Å². The van der Waals surface area contributed by atoms with Gasteiger partial charge in [-0.25, -0.2) is 0 Å². The van der Waals surface area contributed by atoms with Gasteiger partial charge in [0.1, 0.15) is 0 Å². The molecule has 1 aromatic heterocycles. The number of rotatable bonds is 7. The number of hydrogen-bond acceptors (Lipinski definition) is 1. The lowest BCUT2D eigenvalue weighted by molar-refractivity contribution is 0.247. The molecule has 0 N–H and O–H groups in total. The van der Waals surface area contributed by atoms with Gasteiger partial charge in [-0.2, -0.15) is 0 Å². The summed E-state index contributed by atoms with van der Waals surface area (Å²) >= 11 is 0. The molecule has 2 nitrogen and oxygen atoms in total. The van der Waals surface area contributed by atoms with Crippen molar-refractivity contribution in [2.45, 2.75) is 52.4 Å². The summed E-state index contributed by atoms with van der Waals surface area (Å²) < 4.78 is 2.45. The van der Waals surface area contributed by atoms with Crippen LogP contribution in [-0.4, -0.2) is 4.57 Å². The Morgan fingerprint density at radius 1 is 0.583 bits per heavy atom. The van der Waals surface area contributed by atoms with Crippen molar-refractivity contribution in [2.75, 3.05) is 4.90 Å². The second-order valence-corrected chi connectivity index (χ2v) is 14.0. The molecule has 1 aliphatic carbocycles. The first-order valence-corrected chi connectivity index (χ1v) is 17.7. The molecule has 3 atom stereocenters. The second kappa shape index (κ2) is 12.8. The third kappa shape index (κ3) is 5.60. The fourth-order valence-electron chi connectivity index (χ4n) is 8.41. The van der Waals surface area contributed by atoms with Gasteiger partial charge in [0.05, 0.1) is 11.0 Å². The average Bonchev–Trinajstić information content (AvgIpc) is 3.47. The Balaban J connectivity index is 1.37. The van der Waals surface area contributed by atoms with Gasteiger partial charge >= 0.3 is 0 Å². The second-order valence-electron chi connectivity index (χ2n) is 14.0. The summed E-state index contributed by atoms with van der Waals surface area (Å²) in [5, 5.41) is 2.55. The smallest absolute Gasteiger partial charge is 0.0541 e. The first kappa shape index (κ1) is 30.3. The molecule has 48 heavy (non-hydrogen) atoms. The number of benzene rings is 6. The predicted molar refractivity (Wildman–Crippen MR) is 205 cm³/mol. The lowest BCUT2D eigenvalue weighted by Crippen LogP contribution is -2.20. The van der Waals surface area contributed by atoms with Crippen LogP contribution in [-0.2, 0) is 0 Å². The van der Waals surface area contributed by atoms with E-state index in [4.69, 9.17) is 0 Å². The number of para-hydroxylation sites is 4. The zero-order valence-corrected chi connectivity index (χ0v) is 28.3. The van der Waals surface area contributed by atoms with Crippen LogP contribution in [0.2, 0.25) is 0 Å². The fourth-order valence-corrected chi connectivity index (χ4v) is 8.41. The van der Waals surface area contributed by atoms with E-state index in [2.05, 4.69) is 176 Å². The largest absolute Gasteiger partial charge is 0.310 e. The molecule has 1 aliphatic rings. The summed E-state index contributed by atoms with van der Waals surface area (Å²) in [6.45, 7) is 7.14. The molecule has 0 aliphatic heterocycles. The lowest BCUT2D eigenvalue weighted by Gasteiger charge is -2.34. The van der Waals surface area contributed by atoms with Gasteiger partial charge in [0, 0.05) is 33.5 Å². The molecule has 0 spiro atoms. The summed E-state index contributed by atoms with van der Waals surface area (Å²) in [6.07, 6.45) is 5.22. The molecule has 7 aromatic rings. The minimum atomic E-state index is 0.615. The molecule has 2 heteroatoms. The Morgan fingerprint density at radius 3 is 1.81 bits per heavy atom. The first-order valence-electron chi connectivity index (χ1n) is 17.7. The number of aryl methyl sites for hydroxylation is 1. The van der Waals surface area contributed by atoms with Gasteiger partial charge < -0.3 is 9.47 Å². The molecule has 0 radical (unpaired) electrons. The fraction of sp³-hybridized carbons (Fsp3) is 0.217. The molecule has 1 saturated carbocycles. The monoisotopic (exact) mass is 624 g/mol. The number of anilines is 3. The van der Waals surface area contributed by atoms with Crippen LogP contribution in [0.25, 0.3) is 38.6 Å². The molecular weight excluding hydrogens is 581 g/mol. The Hall–Kier alpha value is -5.08. The zero-order valence-electron chi connectivity index (χ0n) is 28.3. The summed E-state index contributed by atoms with van der Waals surface area (Å²) in [5.74, 6) is 2.20. The Morgan fingerprint density at radius 2 is 1.19 bits per heavy atom. The van der Waals surface area contributed by atoms with Gasteiger partial charge in [-0.15, -0.1) is 0 Å². The predicted octanol–water partition coefficient (Wildman–Crippen LogP) is 13.2. The van der Waals surface area contributed by atoms with E-state index in [-0.39, 0.29) is 0 Å². The van der Waals surface area contributed by atoms with Crippen molar-refractivity contribution in [1.29, 1.82) is 0 Å². The molecule has 3 unspecified atom stereocenters. The Kier molecular flexibility index (Phi) is 8.10. The van der Waals surface area contributed by atoms with Crippen LogP contribution in [0.15, 0.2) is 146 Å². The normalized spacial score (nSPS) is 17.9. The van der Waals surface area contributed by atoms with Crippen LogP contribution in [0.1, 0.15) is 56.6 Å². The van der Waals surface area contributed by atoms with E-state index >= 15 is 0 Å². The summed E-state index contributed by atoms with van der Waals surface area (Å²) in [6, 6.07) is 53.5. The van der Waals surface area contributed by atoms with E-state index in [0.29, 0.717) is 5.92 Å². The van der Waals surface area contributed by atoms with E-state index in [1.807, 2.05) is 0 Å². The quantitative estimate of drug-likeness (QED) is 0.171. The van der Waals surface area contributed by atoms with Crippen LogP contribution in [0.5, 0.6) is 0 Å². The van der Waals surface area contributed by atoms with Gasteiger partial charge in [0.15, 0.2) is 0 Å². The molecule has 0 saturated heterocycles. The minimum absolute atomic E-state index is 0.615. The van der Waals surface area contributed by atoms with Crippen molar-refractivity contribution >= 4 is 38.9 Å². The molecular formula is C46H44N2. The summed E-state index contributed by atoms with van der Waals surface area (Å²) in [5.41, 5.74) is 12.5. The molecule has 1 heterocycles. The topological polar surface area (TPSA) is 8.17 Å². The molecule has 0 amide bonds. The van der Waals surface area contributed by atoms with Gasteiger partial charge in [-0.3, -0.25) is 0 Å². The lowest BCUT2D eigenvalue weighted by atomic mass is 9.71. The van der Waals surface area contributed by atoms with Crippen LogP contribution >= 0.6 is 0 Å². The van der Waals surface area contributed by atoms with E-state index in [1.165, 1.54) is 69.7 Å². The minimum Gasteiger partial charge on any atom is -0.310 e. The third-order valence-electron chi connectivity index (χ3n) is 10.7. The van der Waals surface area contributed by atoms with Crippen LogP contribution < -0.4 is 4.90 Å². The van der Waals surface area contributed by atoms with Crippen molar-refractivity contribution in [2.24, 2.45) is 11.8 Å². The molecule has 6 aromatic carbocycles. The van der Waals surface area contributed by atoms with Crippen molar-refractivity contribution in [3.8, 4) is 16.8 Å². The van der Waals surface area contributed by atoms with Gasteiger partial charge in [-0.05, 0) is 121 Å². The Labute approximate surface area is 285 Å². The van der Waals surface area contributed by atoms with E-state index < -0.39 is 0 Å². The molecule has 0 bridgehead atoms.